The molecule has 0 spiro atoms. The van der Waals surface area contributed by atoms with Gasteiger partial charge in [-0.2, -0.15) is 0 Å². The lowest BCUT2D eigenvalue weighted by Crippen LogP contribution is -2.45. The number of aliphatic hydroxyl groups is 1. The van der Waals surface area contributed by atoms with Gasteiger partial charge >= 0.3 is 0 Å². The van der Waals surface area contributed by atoms with Gasteiger partial charge in [0.1, 0.15) is 12.4 Å². The van der Waals surface area contributed by atoms with Crippen LogP contribution in [-0.4, -0.2) is 74.1 Å². The van der Waals surface area contributed by atoms with Crippen LogP contribution < -0.4 is 15.4 Å². The van der Waals surface area contributed by atoms with E-state index in [1.165, 1.54) is 0 Å². The maximum atomic E-state index is 9.71. The molecule has 1 saturated heterocycles. The van der Waals surface area contributed by atoms with E-state index in [2.05, 4.69) is 41.6 Å². The van der Waals surface area contributed by atoms with Crippen LogP contribution in [0.2, 0.25) is 0 Å². The van der Waals surface area contributed by atoms with Crippen molar-refractivity contribution >= 4 is 29.9 Å². The summed E-state index contributed by atoms with van der Waals surface area (Å²) in [6.45, 7) is 6.83. The Morgan fingerprint density at radius 2 is 1.94 bits per heavy atom. The Morgan fingerprint density at radius 1 is 1.19 bits per heavy atom. The normalized spacial score (nSPS) is 22.3. The Bertz CT molecular complexity index is 677. The zero-order valence-electron chi connectivity index (χ0n) is 19.6. The fourth-order valence-corrected chi connectivity index (χ4v) is 4.25. The van der Waals surface area contributed by atoms with Crippen molar-refractivity contribution in [2.24, 2.45) is 4.99 Å². The largest absolute Gasteiger partial charge is 0.492 e. The lowest BCUT2D eigenvalue weighted by atomic mass is 9.93. The number of hydrogen-bond acceptors (Lipinski definition) is 5. The van der Waals surface area contributed by atoms with E-state index < -0.39 is 0 Å². The molecule has 1 aliphatic heterocycles. The highest BCUT2D eigenvalue weighted by Crippen LogP contribution is 2.19. The van der Waals surface area contributed by atoms with Gasteiger partial charge < -0.3 is 25.2 Å². The number of likely N-dealkylation sites (N-methyl/N-ethyl adjacent to an activating group) is 1. The van der Waals surface area contributed by atoms with Gasteiger partial charge in [-0.15, -0.1) is 24.0 Å². The van der Waals surface area contributed by atoms with Crippen molar-refractivity contribution in [3.05, 3.63) is 29.8 Å². The van der Waals surface area contributed by atoms with E-state index in [1.807, 2.05) is 12.1 Å². The van der Waals surface area contributed by atoms with Crippen LogP contribution in [0.15, 0.2) is 29.3 Å². The highest BCUT2D eigenvalue weighted by Gasteiger charge is 2.20. The summed E-state index contributed by atoms with van der Waals surface area (Å²) >= 11 is 0. The fraction of sp³-hybridized carbons (Fsp3) is 0.708. The quantitative estimate of drug-likeness (QED) is 0.245. The molecule has 2 fully saturated rings. The Balaban J connectivity index is 0.00000363. The van der Waals surface area contributed by atoms with Gasteiger partial charge in [0, 0.05) is 38.4 Å². The molecule has 0 unspecified atom stereocenters. The molecule has 0 radical (unpaired) electrons. The molecule has 0 amide bonds. The number of aliphatic imine (C=N–C) groups is 1. The summed E-state index contributed by atoms with van der Waals surface area (Å²) in [6, 6.07) is 9.19. The van der Waals surface area contributed by atoms with Gasteiger partial charge in [0.25, 0.3) is 0 Å². The number of guanidine groups is 1. The van der Waals surface area contributed by atoms with E-state index in [0.717, 1.165) is 82.1 Å². The van der Waals surface area contributed by atoms with Crippen LogP contribution in [-0.2, 0) is 11.3 Å². The van der Waals surface area contributed by atoms with Gasteiger partial charge in [-0.25, -0.2) is 4.99 Å². The number of aliphatic hydroxyl groups excluding tert-OH is 1. The Kier molecular flexibility index (Phi) is 12.7. The third-order valence-electron chi connectivity index (χ3n) is 6.23. The van der Waals surface area contributed by atoms with Crippen LogP contribution in [0, 0.1) is 0 Å². The molecule has 0 aromatic heterocycles. The van der Waals surface area contributed by atoms with Crippen LogP contribution in [0.25, 0.3) is 0 Å². The molecule has 7 nitrogen and oxygen atoms in total. The zero-order valence-corrected chi connectivity index (χ0v) is 21.9. The SMILES string of the molecule is CCNC(=NCc1cccc(OCCN(C)C2CCOCC2)c1)NC1CCC(O)CC1.I. The molecule has 1 aromatic carbocycles. The summed E-state index contributed by atoms with van der Waals surface area (Å²) in [6.07, 6.45) is 5.76. The molecular formula is C24H41IN4O3. The molecule has 1 saturated carbocycles. The molecule has 32 heavy (non-hydrogen) atoms. The van der Waals surface area contributed by atoms with Crippen molar-refractivity contribution in [3.8, 4) is 5.75 Å². The van der Waals surface area contributed by atoms with Gasteiger partial charge in [0.15, 0.2) is 5.96 Å². The minimum atomic E-state index is -0.142. The summed E-state index contributed by atoms with van der Waals surface area (Å²) in [4.78, 5) is 7.15. The van der Waals surface area contributed by atoms with Gasteiger partial charge in [0.2, 0.25) is 0 Å². The van der Waals surface area contributed by atoms with Crippen molar-refractivity contribution in [2.75, 3.05) is 40.0 Å². The highest BCUT2D eigenvalue weighted by atomic mass is 127. The highest BCUT2D eigenvalue weighted by molar-refractivity contribution is 14.0. The van der Waals surface area contributed by atoms with Crippen molar-refractivity contribution in [3.63, 3.8) is 0 Å². The number of rotatable bonds is 9. The third kappa shape index (κ3) is 9.41. The average molecular weight is 561 g/mol. The lowest BCUT2D eigenvalue weighted by Gasteiger charge is -2.31. The van der Waals surface area contributed by atoms with Crippen molar-refractivity contribution in [2.45, 2.75) is 70.2 Å². The molecule has 0 bridgehead atoms. The van der Waals surface area contributed by atoms with E-state index >= 15 is 0 Å². The number of benzene rings is 1. The zero-order chi connectivity index (χ0) is 21.9. The summed E-state index contributed by atoms with van der Waals surface area (Å²) in [5.74, 6) is 1.74. The van der Waals surface area contributed by atoms with Gasteiger partial charge in [0.05, 0.1) is 12.6 Å². The van der Waals surface area contributed by atoms with Crippen LogP contribution in [0.3, 0.4) is 0 Å². The predicted molar refractivity (Wildman–Crippen MR) is 140 cm³/mol. The van der Waals surface area contributed by atoms with Crippen LogP contribution >= 0.6 is 24.0 Å². The maximum absolute atomic E-state index is 9.71. The smallest absolute Gasteiger partial charge is 0.191 e. The van der Waals surface area contributed by atoms with E-state index in [4.69, 9.17) is 14.5 Å². The summed E-state index contributed by atoms with van der Waals surface area (Å²) < 4.78 is 11.5. The van der Waals surface area contributed by atoms with Crippen LogP contribution in [0.1, 0.15) is 51.0 Å². The summed E-state index contributed by atoms with van der Waals surface area (Å²) in [5, 5.41) is 16.6. The maximum Gasteiger partial charge on any atom is 0.191 e. The van der Waals surface area contributed by atoms with E-state index in [0.29, 0.717) is 25.2 Å². The number of halogens is 1. The van der Waals surface area contributed by atoms with Crippen LogP contribution in [0.5, 0.6) is 5.75 Å². The second-order valence-corrected chi connectivity index (χ2v) is 8.66. The fourth-order valence-electron chi connectivity index (χ4n) is 4.25. The second-order valence-electron chi connectivity index (χ2n) is 8.66. The minimum absolute atomic E-state index is 0. The monoisotopic (exact) mass is 560 g/mol. The Labute approximate surface area is 210 Å². The van der Waals surface area contributed by atoms with E-state index in [-0.39, 0.29) is 30.1 Å². The van der Waals surface area contributed by atoms with E-state index in [1.54, 1.807) is 0 Å². The summed E-state index contributed by atoms with van der Waals surface area (Å²) in [7, 11) is 2.17. The molecule has 8 heteroatoms. The third-order valence-corrected chi connectivity index (χ3v) is 6.23. The molecule has 182 valence electrons. The molecular weight excluding hydrogens is 519 g/mol. The van der Waals surface area contributed by atoms with E-state index in [9.17, 15) is 5.11 Å². The van der Waals surface area contributed by atoms with Gasteiger partial charge in [-0.3, -0.25) is 4.90 Å². The first-order valence-corrected chi connectivity index (χ1v) is 11.9. The predicted octanol–water partition coefficient (Wildman–Crippen LogP) is 3.15. The number of nitrogens with zero attached hydrogens (tertiary/aromatic N) is 2. The molecule has 0 atom stereocenters. The topological polar surface area (TPSA) is 78.4 Å². The lowest BCUT2D eigenvalue weighted by molar-refractivity contribution is 0.0392. The van der Waals surface area contributed by atoms with Crippen molar-refractivity contribution in [1.29, 1.82) is 0 Å². The van der Waals surface area contributed by atoms with Crippen molar-refractivity contribution in [1.82, 2.24) is 15.5 Å². The molecule has 3 rings (SSSR count). The Morgan fingerprint density at radius 3 is 2.66 bits per heavy atom. The first-order valence-electron chi connectivity index (χ1n) is 11.9. The average Bonchev–Trinajstić information content (AvgIpc) is 2.80. The molecule has 3 N–H and O–H groups in total. The standard InChI is InChI=1S/C24H40N4O3.HI/c1-3-25-24(27-20-7-9-22(29)10-8-20)26-18-19-5-4-6-23(17-19)31-16-13-28(2)21-11-14-30-15-12-21;/h4-6,17,20-22,29H,3,7-16,18H2,1-2H3,(H2,25,26,27);1H. The van der Waals surface area contributed by atoms with Crippen LogP contribution in [0.4, 0.5) is 0 Å². The molecule has 1 aromatic rings. The molecule has 1 heterocycles. The van der Waals surface area contributed by atoms with Gasteiger partial charge in [-0.1, -0.05) is 12.1 Å². The number of ether oxygens (including phenoxy) is 2. The second kappa shape index (κ2) is 14.9. The summed E-state index contributed by atoms with van der Waals surface area (Å²) in [5.41, 5.74) is 1.13. The molecule has 2 aliphatic rings. The first kappa shape index (κ1) is 27.1. The molecule has 1 aliphatic carbocycles. The number of hydrogen-bond donors (Lipinski definition) is 3. The Hall–Kier alpha value is -1.10. The minimum Gasteiger partial charge on any atom is -0.492 e. The van der Waals surface area contributed by atoms with Gasteiger partial charge in [-0.05, 0) is 70.2 Å². The first-order chi connectivity index (χ1) is 15.1. The number of nitrogens with one attached hydrogen (secondary N) is 2. The van der Waals surface area contributed by atoms with Crippen molar-refractivity contribution < 1.29 is 14.6 Å².